The lowest BCUT2D eigenvalue weighted by Crippen LogP contribution is -2.36. The molecular weight excluding hydrogens is 461 g/mol. The maximum atomic E-state index is 14.0. The number of carbonyl (C=O) groups is 1. The van der Waals surface area contributed by atoms with Crippen LogP contribution in [0.25, 0.3) is 5.82 Å². The molecule has 2 aromatic heterocycles. The van der Waals surface area contributed by atoms with Gasteiger partial charge >= 0.3 is 6.18 Å². The van der Waals surface area contributed by atoms with Crippen LogP contribution in [0.4, 0.5) is 13.2 Å². The molecule has 1 amide bonds. The van der Waals surface area contributed by atoms with Crippen LogP contribution in [-0.4, -0.2) is 75.5 Å². The van der Waals surface area contributed by atoms with Gasteiger partial charge in [-0.2, -0.15) is 18.3 Å². The number of hydrogen-bond donors (Lipinski definition) is 0. The summed E-state index contributed by atoms with van der Waals surface area (Å²) in [5, 5.41) is 11.3. The van der Waals surface area contributed by atoms with Crippen molar-refractivity contribution in [3.05, 3.63) is 65.5 Å². The van der Waals surface area contributed by atoms with Gasteiger partial charge in [-0.25, -0.2) is 4.68 Å². The van der Waals surface area contributed by atoms with Crippen molar-refractivity contribution in [2.24, 2.45) is 0 Å². The number of nitrogens with zero attached hydrogens (tertiary/aromatic N) is 6. The van der Waals surface area contributed by atoms with E-state index < -0.39 is 23.3 Å². The Balaban J connectivity index is 1.44. The zero-order chi connectivity index (χ0) is 24.8. The molecule has 0 aliphatic carbocycles. The highest BCUT2D eigenvalue weighted by Crippen LogP contribution is 2.34. The number of halogens is 3. The lowest BCUT2D eigenvalue weighted by atomic mass is 10.1. The maximum absolute atomic E-state index is 14.0. The van der Waals surface area contributed by atoms with Gasteiger partial charge in [-0.3, -0.25) is 4.79 Å². The first-order valence-electron chi connectivity index (χ1n) is 11.5. The fraction of sp³-hybridized carbons (Fsp3) is 0.417. The van der Waals surface area contributed by atoms with Crippen molar-refractivity contribution < 1.29 is 22.7 Å². The van der Waals surface area contributed by atoms with E-state index in [9.17, 15) is 18.0 Å². The Bertz CT molecular complexity index is 1120. The first-order valence-corrected chi connectivity index (χ1v) is 11.5. The van der Waals surface area contributed by atoms with Crippen LogP contribution in [0.5, 0.6) is 5.88 Å². The molecule has 0 spiro atoms. The number of benzene rings is 1. The minimum Gasteiger partial charge on any atom is -0.480 e. The van der Waals surface area contributed by atoms with Crippen molar-refractivity contribution in [1.29, 1.82) is 0 Å². The van der Waals surface area contributed by atoms with Gasteiger partial charge in [0.1, 0.15) is 0 Å². The highest BCUT2D eigenvalue weighted by atomic mass is 19.4. The van der Waals surface area contributed by atoms with Crippen LogP contribution in [-0.2, 0) is 12.6 Å². The fourth-order valence-corrected chi connectivity index (χ4v) is 4.21. The zero-order valence-electron chi connectivity index (χ0n) is 19.4. The molecular formula is C24H27F3N6O2. The van der Waals surface area contributed by atoms with Gasteiger partial charge in [0.25, 0.3) is 5.91 Å². The number of ether oxygens (including phenoxy) is 1. The van der Waals surface area contributed by atoms with Gasteiger partial charge in [-0.1, -0.05) is 30.3 Å². The molecule has 1 aromatic carbocycles. The Morgan fingerprint density at radius 2 is 1.83 bits per heavy atom. The Labute approximate surface area is 201 Å². The van der Waals surface area contributed by atoms with Gasteiger partial charge in [0, 0.05) is 25.7 Å². The number of rotatable bonds is 7. The summed E-state index contributed by atoms with van der Waals surface area (Å²) in [5.41, 5.74) is -0.379. The summed E-state index contributed by atoms with van der Waals surface area (Å²) in [7, 11) is 1.38. The number of amides is 1. The molecule has 1 fully saturated rings. The highest BCUT2D eigenvalue weighted by molar-refractivity contribution is 5.95. The molecule has 0 radical (unpaired) electrons. The Kier molecular flexibility index (Phi) is 7.64. The molecule has 3 heterocycles. The van der Waals surface area contributed by atoms with E-state index >= 15 is 0 Å². The normalized spacial score (nSPS) is 15.1. The molecule has 11 heteroatoms. The van der Waals surface area contributed by atoms with Crippen LogP contribution in [0.1, 0.15) is 34.5 Å². The highest BCUT2D eigenvalue weighted by Gasteiger charge is 2.42. The smallest absolute Gasteiger partial charge is 0.434 e. The van der Waals surface area contributed by atoms with E-state index in [2.05, 4.69) is 32.3 Å². The topological polar surface area (TPSA) is 76.4 Å². The zero-order valence-corrected chi connectivity index (χ0v) is 19.4. The molecule has 1 aliphatic rings. The quantitative estimate of drug-likeness (QED) is 0.507. The third-order valence-corrected chi connectivity index (χ3v) is 5.98. The van der Waals surface area contributed by atoms with Crippen LogP contribution in [0.2, 0.25) is 0 Å². The second kappa shape index (κ2) is 10.9. The Morgan fingerprint density at radius 3 is 2.51 bits per heavy atom. The van der Waals surface area contributed by atoms with Crippen molar-refractivity contribution in [3.63, 3.8) is 0 Å². The summed E-state index contributed by atoms with van der Waals surface area (Å²) in [6.07, 6.45) is -1.22. The lowest BCUT2D eigenvalue weighted by Gasteiger charge is -2.22. The van der Waals surface area contributed by atoms with Gasteiger partial charge in [-0.15, -0.1) is 10.2 Å². The molecule has 0 N–H and O–H groups in total. The van der Waals surface area contributed by atoms with E-state index in [1.54, 1.807) is 0 Å². The third-order valence-electron chi connectivity index (χ3n) is 5.98. The summed E-state index contributed by atoms with van der Waals surface area (Å²) >= 11 is 0. The molecule has 4 rings (SSSR count). The number of methoxy groups -OCH3 is 1. The second-order valence-electron chi connectivity index (χ2n) is 8.33. The molecule has 8 nitrogen and oxygen atoms in total. The number of hydrogen-bond acceptors (Lipinski definition) is 6. The molecule has 0 atom stereocenters. The standard InChI is InChI=1S/C24H27F3N6O2/c1-35-21-11-10-20(29-30-21)33-22(24(25,26)27)19(17-28-33)23(34)32-14-6-13-31(15-16-32)12-5-9-18-7-3-2-4-8-18/h2-4,7-8,10-11,17H,5-6,9,12-16H2,1H3. The summed E-state index contributed by atoms with van der Waals surface area (Å²) in [4.78, 5) is 16.9. The summed E-state index contributed by atoms with van der Waals surface area (Å²) < 4.78 is 47.5. The Morgan fingerprint density at radius 1 is 1.03 bits per heavy atom. The molecule has 35 heavy (non-hydrogen) atoms. The van der Waals surface area contributed by atoms with E-state index in [1.807, 2.05) is 18.2 Å². The van der Waals surface area contributed by atoms with Crippen molar-refractivity contribution >= 4 is 5.91 Å². The van der Waals surface area contributed by atoms with Crippen molar-refractivity contribution in [2.75, 3.05) is 39.8 Å². The minimum absolute atomic E-state index is 0.155. The summed E-state index contributed by atoms with van der Waals surface area (Å²) in [5.74, 6) is -0.683. The van der Waals surface area contributed by atoms with Crippen LogP contribution in [0.3, 0.4) is 0 Å². The number of aromatic nitrogens is 4. The second-order valence-corrected chi connectivity index (χ2v) is 8.33. The monoisotopic (exact) mass is 488 g/mol. The molecule has 1 saturated heterocycles. The van der Waals surface area contributed by atoms with Crippen molar-refractivity contribution in [2.45, 2.75) is 25.4 Å². The SMILES string of the molecule is COc1ccc(-n2ncc(C(=O)N3CCCN(CCCc4ccccc4)CC3)c2C(F)(F)F)nn1. The van der Waals surface area contributed by atoms with Crippen LogP contribution < -0.4 is 4.74 Å². The predicted molar refractivity (Wildman–Crippen MR) is 122 cm³/mol. The maximum Gasteiger partial charge on any atom is 0.434 e. The van der Waals surface area contributed by atoms with Gasteiger partial charge in [-0.05, 0) is 44.0 Å². The van der Waals surface area contributed by atoms with Crippen LogP contribution >= 0.6 is 0 Å². The molecule has 1 aliphatic heterocycles. The number of aryl methyl sites for hydroxylation is 1. The average Bonchev–Trinajstić information content (AvgIpc) is 3.19. The van der Waals surface area contributed by atoms with E-state index in [-0.39, 0.29) is 11.7 Å². The number of alkyl halides is 3. The van der Waals surface area contributed by atoms with Gasteiger partial charge in [0.15, 0.2) is 11.5 Å². The first kappa shape index (κ1) is 24.6. The molecule has 0 saturated carbocycles. The average molecular weight is 489 g/mol. The number of carbonyl (C=O) groups excluding carboxylic acids is 1. The van der Waals surface area contributed by atoms with Crippen molar-refractivity contribution in [1.82, 2.24) is 29.8 Å². The van der Waals surface area contributed by atoms with Gasteiger partial charge in [0.05, 0.1) is 18.9 Å². The predicted octanol–water partition coefficient (Wildman–Crippen LogP) is 3.47. The van der Waals surface area contributed by atoms with Gasteiger partial charge < -0.3 is 14.5 Å². The first-order chi connectivity index (χ1) is 16.9. The molecule has 186 valence electrons. The Hall–Kier alpha value is -3.47. The molecule has 0 unspecified atom stereocenters. The van der Waals surface area contributed by atoms with E-state index in [4.69, 9.17) is 4.74 Å². The van der Waals surface area contributed by atoms with Gasteiger partial charge in [0.2, 0.25) is 5.88 Å². The minimum atomic E-state index is -4.81. The van der Waals surface area contributed by atoms with Crippen LogP contribution in [0.15, 0.2) is 48.7 Å². The van der Waals surface area contributed by atoms with E-state index in [0.717, 1.165) is 32.1 Å². The molecule has 3 aromatic rings. The van der Waals surface area contributed by atoms with Crippen LogP contribution in [0, 0.1) is 0 Å². The fourth-order valence-electron chi connectivity index (χ4n) is 4.21. The summed E-state index contributed by atoms with van der Waals surface area (Å²) in [6, 6.07) is 12.9. The summed E-state index contributed by atoms with van der Waals surface area (Å²) in [6.45, 7) is 3.03. The van der Waals surface area contributed by atoms with Crippen molar-refractivity contribution in [3.8, 4) is 11.7 Å². The largest absolute Gasteiger partial charge is 0.480 e. The van der Waals surface area contributed by atoms with E-state index in [0.29, 0.717) is 30.7 Å². The van der Waals surface area contributed by atoms with E-state index in [1.165, 1.54) is 29.7 Å². The third kappa shape index (κ3) is 5.97. The molecule has 0 bridgehead atoms. The lowest BCUT2D eigenvalue weighted by molar-refractivity contribution is -0.143.